The molecule has 2 aromatic rings. The lowest BCUT2D eigenvalue weighted by molar-refractivity contribution is 0.0682. The topological polar surface area (TPSA) is 45.5 Å². The summed E-state index contributed by atoms with van der Waals surface area (Å²) in [6, 6.07) is 7.91. The summed E-state index contributed by atoms with van der Waals surface area (Å²) < 4.78 is 5.39. The first kappa shape index (κ1) is 10.4. The molecule has 1 saturated heterocycles. The van der Waals surface area contributed by atoms with Gasteiger partial charge in [-0.05, 0) is 6.07 Å². The van der Waals surface area contributed by atoms with Crippen molar-refractivity contribution in [1.29, 1.82) is 0 Å². The lowest BCUT2D eigenvalue weighted by Crippen LogP contribution is -2.57. The molecule has 4 nitrogen and oxygen atoms in total. The van der Waals surface area contributed by atoms with E-state index in [0.29, 0.717) is 11.6 Å². The number of hydrogen-bond donors (Lipinski definition) is 1. The maximum atomic E-state index is 12.3. The van der Waals surface area contributed by atoms with Crippen molar-refractivity contribution < 1.29 is 9.21 Å². The Labute approximate surface area is 99.2 Å². The van der Waals surface area contributed by atoms with E-state index in [0.717, 1.165) is 24.1 Å². The Morgan fingerprint density at radius 2 is 2.18 bits per heavy atom. The van der Waals surface area contributed by atoms with Crippen molar-refractivity contribution in [2.45, 2.75) is 6.04 Å². The highest BCUT2D eigenvalue weighted by Gasteiger charge is 2.27. The minimum atomic E-state index is 0.0291. The minimum absolute atomic E-state index is 0.0291. The average Bonchev–Trinajstić information content (AvgIpc) is 2.69. The maximum Gasteiger partial charge on any atom is 0.257 e. The van der Waals surface area contributed by atoms with Crippen molar-refractivity contribution >= 4 is 16.9 Å². The van der Waals surface area contributed by atoms with Crippen molar-refractivity contribution in [2.75, 3.05) is 20.1 Å². The Bertz CT molecular complexity index is 557. The number of carbonyl (C=O) groups is 1. The molecular formula is C13H14N2O2. The smallest absolute Gasteiger partial charge is 0.257 e. The van der Waals surface area contributed by atoms with Gasteiger partial charge in [-0.2, -0.15) is 0 Å². The highest BCUT2D eigenvalue weighted by Crippen LogP contribution is 2.22. The first-order valence-corrected chi connectivity index (χ1v) is 5.71. The third kappa shape index (κ3) is 1.61. The second-order valence-electron chi connectivity index (χ2n) is 4.37. The van der Waals surface area contributed by atoms with Crippen molar-refractivity contribution in [2.24, 2.45) is 0 Å². The summed E-state index contributed by atoms with van der Waals surface area (Å²) in [6.07, 6.45) is 1.55. The summed E-state index contributed by atoms with van der Waals surface area (Å²) in [6.45, 7) is 1.75. The summed E-state index contributed by atoms with van der Waals surface area (Å²) in [5.41, 5.74) is 1.41. The lowest BCUT2D eigenvalue weighted by Gasteiger charge is -2.35. The van der Waals surface area contributed by atoms with E-state index in [1.165, 1.54) is 0 Å². The number of carbonyl (C=O) groups excluding carboxylic acids is 1. The van der Waals surface area contributed by atoms with E-state index >= 15 is 0 Å². The number of fused-ring (bicyclic) bond motifs is 1. The number of rotatable bonds is 2. The van der Waals surface area contributed by atoms with Crippen LogP contribution in [-0.2, 0) is 0 Å². The van der Waals surface area contributed by atoms with Crippen molar-refractivity contribution in [3.63, 3.8) is 0 Å². The molecule has 1 aliphatic heterocycles. The number of benzene rings is 1. The lowest BCUT2D eigenvalue weighted by atomic mass is 10.1. The predicted octanol–water partition coefficient (Wildman–Crippen LogP) is 1.48. The quantitative estimate of drug-likeness (QED) is 0.850. The monoisotopic (exact) mass is 230 g/mol. The summed E-state index contributed by atoms with van der Waals surface area (Å²) in [5.74, 6) is 0.0291. The zero-order valence-electron chi connectivity index (χ0n) is 9.64. The number of para-hydroxylation sites is 1. The van der Waals surface area contributed by atoms with Gasteiger partial charge in [-0.25, -0.2) is 0 Å². The summed E-state index contributed by atoms with van der Waals surface area (Å²) in [7, 11) is 1.84. The van der Waals surface area contributed by atoms with Gasteiger partial charge in [-0.3, -0.25) is 4.79 Å². The zero-order valence-corrected chi connectivity index (χ0v) is 9.64. The molecule has 0 spiro atoms. The molecule has 88 valence electrons. The summed E-state index contributed by atoms with van der Waals surface area (Å²) >= 11 is 0. The van der Waals surface area contributed by atoms with Gasteiger partial charge in [-0.15, -0.1) is 0 Å². The molecule has 0 atom stereocenters. The van der Waals surface area contributed by atoms with Crippen molar-refractivity contribution in [1.82, 2.24) is 10.2 Å². The Kier molecular flexibility index (Phi) is 2.37. The van der Waals surface area contributed by atoms with E-state index in [2.05, 4.69) is 5.32 Å². The van der Waals surface area contributed by atoms with Crippen LogP contribution in [0.25, 0.3) is 11.0 Å². The Morgan fingerprint density at radius 3 is 2.88 bits per heavy atom. The van der Waals surface area contributed by atoms with Crippen LogP contribution < -0.4 is 5.32 Å². The van der Waals surface area contributed by atoms with E-state index in [1.54, 1.807) is 11.2 Å². The van der Waals surface area contributed by atoms with Crippen LogP contribution in [0.2, 0.25) is 0 Å². The average molecular weight is 230 g/mol. The van der Waals surface area contributed by atoms with Crippen LogP contribution in [-0.4, -0.2) is 37.0 Å². The van der Waals surface area contributed by atoms with E-state index in [1.807, 2.05) is 31.3 Å². The van der Waals surface area contributed by atoms with Crippen molar-refractivity contribution in [3.8, 4) is 0 Å². The van der Waals surface area contributed by atoms with Gasteiger partial charge in [-0.1, -0.05) is 18.2 Å². The molecule has 1 N–H and O–H groups in total. The van der Waals surface area contributed by atoms with Gasteiger partial charge in [0.2, 0.25) is 0 Å². The third-order valence-electron chi connectivity index (χ3n) is 3.34. The van der Waals surface area contributed by atoms with Gasteiger partial charge in [0.1, 0.15) is 11.8 Å². The Morgan fingerprint density at radius 1 is 1.41 bits per heavy atom. The van der Waals surface area contributed by atoms with Crippen LogP contribution in [0.5, 0.6) is 0 Å². The van der Waals surface area contributed by atoms with Crippen LogP contribution in [0.15, 0.2) is 34.9 Å². The largest absolute Gasteiger partial charge is 0.463 e. The molecule has 1 aromatic heterocycles. The van der Waals surface area contributed by atoms with E-state index in [4.69, 9.17) is 4.42 Å². The number of amides is 1. The number of hydrogen-bond acceptors (Lipinski definition) is 3. The van der Waals surface area contributed by atoms with Crippen LogP contribution in [0, 0.1) is 0 Å². The van der Waals surface area contributed by atoms with Gasteiger partial charge in [0, 0.05) is 25.5 Å². The van der Waals surface area contributed by atoms with E-state index < -0.39 is 0 Å². The van der Waals surface area contributed by atoms with E-state index in [-0.39, 0.29) is 5.91 Å². The fraction of sp³-hybridized carbons (Fsp3) is 0.308. The molecule has 4 heteroatoms. The Balaban J connectivity index is 1.95. The molecule has 3 rings (SSSR count). The predicted molar refractivity (Wildman–Crippen MR) is 65.0 cm³/mol. The van der Waals surface area contributed by atoms with Crippen molar-refractivity contribution in [3.05, 3.63) is 36.1 Å². The summed E-state index contributed by atoms with van der Waals surface area (Å²) in [4.78, 5) is 14.1. The molecule has 1 aliphatic rings. The highest BCUT2D eigenvalue weighted by atomic mass is 16.3. The van der Waals surface area contributed by atoms with E-state index in [9.17, 15) is 4.79 Å². The Hall–Kier alpha value is -1.81. The first-order valence-electron chi connectivity index (χ1n) is 5.71. The van der Waals surface area contributed by atoms with Crippen LogP contribution >= 0.6 is 0 Å². The SMILES string of the molecule is CN(C(=O)c1coc2ccccc12)C1CNC1. The van der Waals surface area contributed by atoms with Gasteiger partial charge in [0.15, 0.2) is 0 Å². The normalized spacial score (nSPS) is 15.8. The number of nitrogens with one attached hydrogen (secondary N) is 1. The number of likely N-dealkylation sites (N-methyl/N-ethyl adjacent to an activating group) is 1. The van der Waals surface area contributed by atoms with Crippen LogP contribution in [0.4, 0.5) is 0 Å². The maximum absolute atomic E-state index is 12.3. The molecule has 0 aliphatic carbocycles. The fourth-order valence-corrected chi connectivity index (χ4v) is 2.05. The second-order valence-corrected chi connectivity index (χ2v) is 4.37. The van der Waals surface area contributed by atoms with Gasteiger partial charge in [0.05, 0.1) is 11.6 Å². The second kappa shape index (κ2) is 3.89. The van der Waals surface area contributed by atoms with Gasteiger partial charge < -0.3 is 14.6 Å². The minimum Gasteiger partial charge on any atom is -0.463 e. The standard InChI is InChI=1S/C13H14N2O2/c1-15(9-6-14-7-9)13(16)11-8-17-12-5-3-2-4-10(11)12/h2-5,8-9,14H,6-7H2,1H3. The van der Waals surface area contributed by atoms with Crippen LogP contribution in [0.1, 0.15) is 10.4 Å². The molecule has 0 saturated carbocycles. The molecule has 1 aromatic carbocycles. The number of furan rings is 1. The molecule has 0 radical (unpaired) electrons. The van der Waals surface area contributed by atoms with Crippen LogP contribution in [0.3, 0.4) is 0 Å². The van der Waals surface area contributed by atoms with Gasteiger partial charge in [0.25, 0.3) is 5.91 Å². The number of nitrogens with zero attached hydrogens (tertiary/aromatic N) is 1. The molecule has 17 heavy (non-hydrogen) atoms. The van der Waals surface area contributed by atoms with Gasteiger partial charge >= 0.3 is 0 Å². The molecular weight excluding hydrogens is 216 g/mol. The highest BCUT2D eigenvalue weighted by molar-refractivity contribution is 6.05. The molecule has 0 unspecified atom stereocenters. The summed E-state index contributed by atoms with van der Waals surface area (Å²) in [5, 5.41) is 4.05. The molecule has 1 fully saturated rings. The first-order chi connectivity index (χ1) is 8.27. The fourth-order valence-electron chi connectivity index (χ4n) is 2.05. The molecule has 1 amide bonds. The zero-order chi connectivity index (χ0) is 11.8. The molecule has 0 bridgehead atoms. The third-order valence-corrected chi connectivity index (χ3v) is 3.34. The molecule has 2 heterocycles.